The van der Waals surface area contributed by atoms with Gasteiger partial charge in [0.15, 0.2) is 5.82 Å². The van der Waals surface area contributed by atoms with Crippen molar-refractivity contribution in [2.75, 3.05) is 12.4 Å². The summed E-state index contributed by atoms with van der Waals surface area (Å²) in [4.78, 5) is 4.21. The van der Waals surface area contributed by atoms with Crippen LogP contribution in [0.25, 0.3) is 5.82 Å². The third-order valence-electron chi connectivity index (χ3n) is 2.27. The molecule has 0 saturated carbocycles. The Kier molecular flexibility index (Phi) is 2.42. The molecule has 0 bridgehead atoms. The molecule has 0 aromatic carbocycles. The van der Waals surface area contributed by atoms with Crippen LogP contribution >= 0.6 is 0 Å². The van der Waals surface area contributed by atoms with Gasteiger partial charge in [-0.2, -0.15) is 9.78 Å². The van der Waals surface area contributed by atoms with Gasteiger partial charge < -0.3 is 15.6 Å². The first-order valence-electron chi connectivity index (χ1n) is 4.70. The molecule has 0 spiro atoms. The highest BCUT2D eigenvalue weighted by atomic mass is 15.4. The molecule has 0 saturated heterocycles. The molecule has 2 aromatic rings. The lowest BCUT2D eigenvalue weighted by Gasteiger charge is -2.08. The summed E-state index contributed by atoms with van der Waals surface area (Å²) < 4.78 is 3.69. The number of hydrogen-bond donors (Lipinski definition) is 2. The molecule has 0 unspecified atom stereocenters. The molecule has 6 heteroatoms. The van der Waals surface area contributed by atoms with Gasteiger partial charge in [0.2, 0.25) is 0 Å². The van der Waals surface area contributed by atoms with Gasteiger partial charge in [-0.15, -0.1) is 0 Å². The van der Waals surface area contributed by atoms with Crippen LogP contribution in [0.1, 0.15) is 5.69 Å². The number of rotatable bonds is 3. The topological polar surface area (TPSA) is 73.7 Å². The van der Waals surface area contributed by atoms with E-state index in [1.165, 1.54) is 0 Å². The van der Waals surface area contributed by atoms with E-state index < -0.39 is 0 Å². The summed E-state index contributed by atoms with van der Waals surface area (Å²) in [6, 6.07) is 1.90. The van der Waals surface area contributed by atoms with Gasteiger partial charge >= 0.3 is 0 Å². The minimum atomic E-state index is 0.402. The number of nitrogens with two attached hydrogens (primary N) is 1. The number of imidazole rings is 1. The first-order chi connectivity index (χ1) is 7.27. The molecule has 0 aliphatic heterocycles. The van der Waals surface area contributed by atoms with E-state index in [0.717, 1.165) is 17.3 Å². The predicted molar refractivity (Wildman–Crippen MR) is 57.8 cm³/mol. The Hall–Kier alpha value is -1.82. The van der Waals surface area contributed by atoms with Gasteiger partial charge in [0.05, 0.1) is 18.2 Å². The molecule has 6 nitrogen and oxygen atoms in total. The van der Waals surface area contributed by atoms with E-state index >= 15 is 0 Å². The lowest BCUT2D eigenvalue weighted by atomic mass is 10.4. The van der Waals surface area contributed by atoms with E-state index in [-0.39, 0.29) is 0 Å². The average molecular weight is 206 g/mol. The van der Waals surface area contributed by atoms with Crippen molar-refractivity contribution in [3.05, 3.63) is 24.3 Å². The number of aryl methyl sites for hydroxylation is 1. The fourth-order valence-corrected chi connectivity index (χ4v) is 1.55. The van der Waals surface area contributed by atoms with E-state index in [1.54, 1.807) is 17.2 Å². The normalized spacial score (nSPS) is 10.6. The average Bonchev–Trinajstić information content (AvgIpc) is 2.82. The number of aromatic nitrogens is 4. The smallest absolute Gasteiger partial charge is 0.160 e. The van der Waals surface area contributed by atoms with Crippen LogP contribution < -0.4 is 11.1 Å². The maximum atomic E-state index is 5.62. The van der Waals surface area contributed by atoms with Gasteiger partial charge in [-0.3, -0.25) is 0 Å². The Labute approximate surface area is 87.7 Å². The zero-order valence-corrected chi connectivity index (χ0v) is 8.81. The molecule has 2 heterocycles. The molecule has 3 N–H and O–H groups in total. The van der Waals surface area contributed by atoms with Crippen LogP contribution in [0.5, 0.6) is 0 Å². The van der Waals surface area contributed by atoms with Gasteiger partial charge in [0.25, 0.3) is 0 Å². The van der Waals surface area contributed by atoms with Crippen LogP contribution in [0.3, 0.4) is 0 Å². The zero-order chi connectivity index (χ0) is 10.8. The van der Waals surface area contributed by atoms with E-state index in [4.69, 9.17) is 5.73 Å². The van der Waals surface area contributed by atoms with Crippen molar-refractivity contribution in [3.8, 4) is 5.82 Å². The molecule has 2 rings (SSSR count). The second-order valence-electron chi connectivity index (χ2n) is 3.21. The van der Waals surface area contributed by atoms with Crippen molar-refractivity contribution in [1.29, 1.82) is 0 Å². The van der Waals surface area contributed by atoms with Crippen molar-refractivity contribution in [1.82, 2.24) is 19.3 Å². The SMILES string of the molecule is CNc1ccnn1-c1c(CN)ncn1C. The number of hydrogen-bond acceptors (Lipinski definition) is 4. The van der Waals surface area contributed by atoms with Crippen LogP contribution in [0.4, 0.5) is 5.82 Å². The standard InChI is InChI=1S/C9H14N6/c1-11-8-3-4-13-15(8)9-7(5-10)12-6-14(9)2/h3-4,6,11H,5,10H2,1-2H3. The third kappa shape index (κ3) is 1.48. The lowest BCUT2D eigenvalue weighted by molar-refractivity contribution is 0.766. The summed E-state index contributed by atoms with van der Waals surface area (Å²) in [6.07, 6.45) is 3.47. The molecule has 0 radical (unpaired) electrons. The molecule has 0 aliphatic rings. The molecular weight excluding hydrogens is 192 g/mol. The van der Waals surface area contributed by atoms with Gasteiger partial charge in [-0.25, -0.2) is 4.98 Å². The number of nitrogens with one attached hydrogen (secondary N) is 1. The molecular formula is C9H14N6. The van der Waals surface area contributed by atoms with Crippen molar-refractivity contribution < 1.29 is 0 Å². The van der Waals surface area contributed by atoms with E-state index in [0.29, 0.717) is 6.54 Å². The van der Waals surface area contributed by atoms with Crippen LogP contribution in [0.15, 0.2) is 18.6 Å². The second-order valence-corrected chi connectivity index (χ2v) is 3.21. The summed E-state index contributed by atoms with van der Waals surface area (Å²) in [5.74, 6) is 1.81. The van der Waals surface area contributed by atoms with E-state index in [1.807, 2.05) is 24.7 Å². The van der Waals surface area contributed by atoms with Crippen molar-refractivity contribution in [2.45, 2.75) is 6.54 Å². The highest BCUT2D eigenvalue weighted by molar-refractivity contribution is 5.43. The minimum absolute atomic E-state index is 0.402. The highest BCUT2D eigenvalue weighted by Crippen LogP contribution is 2.16. The Morgan fingerprint density at radius 2 is 2.33 bits per heavy atom. The fraction of sp³-hybridized carbons (Fsp3) is 0.333. The van der Waals surface area contributed by atoms with Crippen LogP contribution in [0.2, 0.25) is 0 Å². The molecule has 15 heavy (non-hydrogen) atoms. The molecule has 0 aliphatic carbocycles. The van der Waals surface area contributed by atoms with Gasteiger partial charge in [0, 0.05) is 26.7 Å². The predicted octanol–water partition coefficient (Wildman–Crippen LogP) is 0.106. The first-order valence-corrected chi connectivity index (χ1v) is 4.70. The Bertz CT molecular complexity index is 455. The highest BCUT2D eigenvalue weighted by Gasteiger charge is 2.12. The van der Waals surface area contributed by atoms with Crippen LogP contribution in [-0.2, 0) is 13.6 Å². The van der Waals surface area contributed by atoms with Crippen molar-refractivity contribution in [3.63, 3.8) is 0 Å². The Morgan fingerprint density at radius 3 is 3.00 bits per heavy atom. The summed E-state index contributed by atoms with van der Waals surface area (Å²) >= 11 is 0. The van der Waals surface area contributed by atoms with Crippen molar-refractivity contribution in [2.24, 2.45) is 12.8 Å². The summed E-state index contributed by atoms with van der Waals surface area (Å²) in [5.41, 5.74) is 6.46. The lowest BCUT2D eigenvalue weighted by Crippen LogP contribution is -2.10. The molecule has 80 valence electrons. The Morgan fingerprint density at radius 1 is 1.53 bits per heavy atom. The van der Waals surface area contributed by atoms with Gasteiger partial charge in [0.1, 0.15) is 5.82 Å². The maximum absolute atomic E-state index is 5.62. The van der Waals surface area contributed by atoms with Crippen molar-refractivity contribution >= 4 is 5.82 Å². The Balaban J connectivity index is 2.57. The monoisotopic (exact) mass is 206 g/mol. The van der Waals surface area contributed by atoms with E-state index in [9.17, 15) is 0 Å². The van der Waals surface area contributed by atoms with Gasteiger partial charge in [-0.1, -0.05) is 0 Å². The van der Waals surface area contributed by atoms with Crippen LogP contribution in [-0.4, -0.2) is 26.4 Å². The first kappa shape index (κ1) is 9.72. The summed E-state index contributed by atoms with van der Waals surface area (Å²) in [7, 11) is 3.77. The zero-order valence-electron chi connectivity index (χ0n) is 8.81. The molecule has 0 amide bonds. The number of nitrogens with zero attached hydrogens (tertiary/aromatic N) is 4. The largest absolute Gasteiger partial charge is 0.373 e. The fourth-order valence-electron chi connectivity index (χ4n) is 1.55. The molecule has 0 atom stereocenters. The van der Waals surface area contributed by atoms with E-state index in [2.05, 4.69) is 15.4 Å². The van der Waals surface area contributed by atoms with Gasteiger partial charge in [-0.05, 0) is 0 Å². The number of anilines is 1. The second kappa shape index (κ2) is 3.74. The quantitative estimate of drug-likeness (QED) is 0.747. The van der Waals surface area contributed by atoms with Crippen LogP contribution in [0, 0.1) is 0 Å². The maximum Gasteiger partial charge on any atom is 0.160 e. The molecule has 0 fully saturated rings. The third-order valence-corrected chi connectivity index (χ3v) is 2.27. The summed E-state index contributed by atoms with van der Waals surface area (Å²) in [5, 5.41) is 7.30. The summed E-state index contributed by atoms with van der Waals surface area (Å²) in [6.45, 7) is 0.402. The molecule has 2 aromatic heterocycles. The minimum Gasteiger partial charge on any atom is -0.373 e.